The SMILES string of the molecule is CCCC[C@H](NC(=O)[C@@H](CSCC(O)COC(C)=O)Cc1cccc2ccccc12)C(=O)OC(C)(C)C. The summed E-state index contributed by atoms with van der Waals surface area (Å²) in [5.74, 6) is -0.788. The first-order chi connectivity index (χ1) is 17.5. The minimum absolute atomic E-state index is 0.0831. The van der Waals surface area contributed by atoms with Gasteiger partial charge in [-0.1, -0.05) is 62.2 Å². The predicted molar refractivity (Wildman–Crippen MR) is 148 cm³/mol. The number of aliphatic hydroxyl groups excluding tert-OH is 1. The lowest BCUT2D eigenvalue weighted by atomic mass is 9.95. The summed E-state index contributed by atoms with van der Waals surface area (Å²) in [5, 5.41) is 15.3. The average molecular weight is 532 g/mol. The average Bonchev–Trinajstić information content (AvgIpc) is 2.83. The van der Waals surface area contributed by atoms with Crippen molar-refractivity contribution in [2.75, 3.05) is 18.1 Å². The quantitative estimate of drug-likeness (QED) is 0.342. The highest BCUT2D eigenvalue weighted by molar-refractivity contribution is 7.99. The van der Waals surface area contributed by atoms with Gasteiger partial charge in [0.05, 0.1) is 12.0 Å². The zero-order chi connectivity index (χ0) is 27.4. The van der Waals surface area contributed by atoms with E-state index in [0.29, 0.717) is 24.3 Å². The first-order valence-corrected chi connectivity index (χ1v) is 14.0. The van der Waals surface area contributed by atoms with Gasteiger partial charge < -0.3 is 19.9 Å². The molecule has 0 saturated heterocycles. The molecule has 0 fully saturated rings. The third kappa shape index (κ3) is 11.1. The molecule has 7 nitrogen and oxygen atoms in total. The summed E-state index contributed by atoms with van der Waals surface area (Å²) < 4.78 is 10.5. The topological polar surface area (TPSA) is 102 Å². The van der Waals surface area contributed by atoms with Crippen molar-refractivity contribution in [1.29, 1.82) is 0 Å². The van der Waals surface area contributed by atoms with E-state index in [4.69, 9.17) is 9.47 Å². The van der Waals surface area contributed by atoms with Crippen LogP contribution in [0, 0.1) is 5.92 Å². The zero-order valence-corrected chi connectivity index (χ0v) is 23.4. The van der Waals surface area contributed by atoms with Gasteiger partial charge in [0.2, 0.25) is 5.91 Å². The van der Waals surface area contributed by atoms with Crippen LogP contribution in [0.4, 0.5) is 0 Å². The molecule has 2 aromatic rings. The first kappa shape index (κ1) is 30.6. The highest BCUT2D eigenvalue weighted by Gasteiger charge is 2.29. The molecule has 2 rings (SSSR count). The third-order valence-corrected chi connectivity index (χ3v) is 6.94. The Hall–Kier alpha value is -2.58. The Kier molecular flexibility index (Phi) is 12.4. The molecule has 8 heteroatoms. The van der Waals surface area contributed by atoms with Gasteiger partial charge in [-0.15, -0.1) is 0 Å². The number of esters is 2. The Morgan fingerprint density at radius 2 is 1.76 bits per heavy atom. The van der Waals surface area contributed by atoms with E-state index in [-0.39, 0.29) is 12.5 Å². The Balaban J connectivity index is 2.20. The van der Waals surface area contributed by atoms with Gasteiger partial charge in [-0.2, -0.15) is 11.8 Å². The highest BCUT2D eigenvalue weighted by Crippen LogP contribution is 2.24. The van der Waals surface area contributed by atoms with Gasteiger partial charge in [0.1, 0.15) is 18.2 Å². The van der Waals surface area contributed by atoms with Crippen LogP contribution in [0.5, 0.6) is 0 Å². The van der Waals surface area contributed by atoms with Gasteiger partial charge in [0.25, 0.3) is 0 Å². The maximum Gasteiger partial charge on any atom is 0.329 e. The Morgan fingerprint density at radius 3 is 2.43 bits per heavy atom. The van der Waals surface area contributed by atoms with Crippen LogP contribution >= 0.6 is 11.8 Å². The van der Waals surface area contributed by atoms with Gasteiger partial charge >= 0.3 is 11.9 Å². The molecule has 0 aliphatic rings. The lowest BCUT2D eigenvalue weighted by Gasteiger charge is -2.26. The van der Waals surface area contributed by atoms with E-state index >= 15 is 0 Å². The minimum atomic E-state index is -0.825. The summed E-state index contributed by atoms with van der Waals surface area (Å²) in [5.41, 5.74) is 0.393. The first-order valence-electron chi connectivity index (χ1n) is 12.9. The second kappa shape index (κ2) is 15.0. The number of benzene rings is 2. The van der Waals surface area contributed by atoms with Crippen LogP contribution in [-0.4, -0.2) is 58.8 Å². The van der Waals surface area contributed by atoms with Crippen molar-refractivity contribution in [2.24, 2.45) is 5.92 Å². The van der Waals surface area contributed by atoms with Crippen molar-refractivity contribution in [3.8, 4) is 0 Å². The second-order valence-electron chi connectivity index (χ2n) is 10.3. The number of carbonyl (C=O) groups is 3. The van der Waals surface area contributed by atoms with Gasteiger partial charge in [-0.05, 0) is 49.9 Å². The minimum Gasteiger partial charge on any atom is -0.463 e. The van der Waals surface area contributed by atoms with Crippen molar-refractivity contribution in [3.05, 3.63) is 48.0 Å². The largest absolute Gasteiger partial charge is 0.463 e. The van der Waals surface area contributed by atoms with E-state index in [2.05, 4.69) is 5.32 Å². The molecule has 0 aliphatic carbocycles. The van der Waals surface area contributed by atoms with E-state index in [9.17, 15) is 19.5 Å². The summed E-state index contributed by atoms with van der Waals surface area (Å²) in [6, 6.07) is 13.4. The summed E-state index contributed by atoms with van der Waals surface area (Å²) in [6.45, 7) is 8.68. The maximum absolute atomic E-state index is 13.6. The van der Waals surface area contributed by atoms with Crippen molar-refractivity contribution in [3.63, 3.8) is 0 Å². The van der Waals surface area contributed by atoms with Crippen molar-refractivity contribution < 1.29 is 29.0 Å². The Bertz CT molecular complexity index is 1030. The van der Waals surface area contributed by atoms with E-state index < -0.39 is 35.6 Å². The number of carbonyl (C=O) groups excluding carboxylic acids is 3. The molecule has 0 bridgehead atoms. The number of nitrogens with one attached hydrogen (secondary N) is 1. The summed E-state index contributed by atoms with van der Waals surface area (Å²) in [7, 11) is 0. The second-order valence-corrected chi connectivity index (χ2v) is 11.3. The molecule has 3 atom stereocenters. The number of thioether (sulfide) groups is 1. The molecule has 1 unspecified atom stereocenters. The van der Waals surface area contributed by atoms with Gasteiger partial charge in [0, 0.05) is 18.4 Å². The van der Waals surface area contributed by atoms with Crippen LogP contribution in [0.1, 0.15) is 59.4 Å². The molecular weight excluding hydrogens is 490 g/mol. The van der Waals surface area contributed by atoms with Crippen molar-refractivity contribution in [2.45, 2.75) is 78.0 Å². The van der Waals surface area contributed by atoms with Gasteiger partial charge in [-0.25, -0.2) is 4.79 Å². The molecule has 0 aromatic heterocycles. The van der Waals surface area contributed by atoms with Crippen LogP contribution in [0.15, 0.2) is 42.5 Å². The number of fused-ring (bicyclic) bond motifs is 1. The van der Waals surface area contributed by atoms with E-state index in [1.54, 1.807) is 0 Å². The number of unbranched alkanes of at least 4 members (excludes halogenated alkanes) is 1. The number of aliphatic hydroxyl groups is 1. The normalized spacial score (nSPS) is 14.0. The molecule has 2 aromatic carbocycles. The summed E-state index contributed by atoms with van der Waals surface area (Å²) in [4.78, 5) is 37.4. The van der Waals surface area contributed by atoms with E-state index in [1.165, 1.54) is 18.7 Å². The van der Waals surface area contributed by atoms with E-state index in [1.807, 2.05) is 70.2 Å². The standard InChI is InChI=1S/C29H41NO6S/c1-6-7-15-26(28(34)36-29(3,4)5)30-27(33)23(18-37-19-24(32)17-35-20(2)31)16-22-13-10-12-21-11-8-9-14-25(21)22/h8-14,23-24,26,32H,6-7,15-19H2,1-5H3,(H,30,33)/t23-,24?,26+/m1/s1. The fourth-order valence-electron chi connectivity index (χ4n) is 3.89. The molecule has 37 heavy (non-hydrogen) atoms. The molecule has 0 aliphatic heterocycles. The van der Waals surface area contributed by atoms with Crippen LogP contribution < -0.4 is 5.32 Å². The fraction of sp³-hybridized carbons (Fsp3) is 0.552. The third-order valence-electron chi connectivity index (χ3n) is 5.68. The van der Waals surface area contributed by atoms with E-state index in [0.717, 1.165) is 29.2 Å². The monoisotopic (exact) mass is 531 g/mol. The molecular formula is C29H41NO6S. The molecule has 0 heterocycles. The highest BCUT2D eigenvalue weighted by atomic mass is 32.2. The maximum atomic E-state index is 13.6. The summed E-state index contributed by atoms with van der Waals surface area (Å²) in [6.07, 6.45) is 1.84. The molecule has 0 spiro atoms. The number of amides is 1. The molecule has 0 saturated carbocycles. The lowest BCUT2D eigenvalue weighted by molar-refractivity contribution is -0.159. The molecule has 0 radical (unpaired) electrons. The van der Waals surface area contributed by atoms with Gasteiger partial charge in [-0.3, -0.25) is 9.59 Å². The molecule has 1 amide bonds. The fourth-order valence-corrected chi connectivity index (χ4v) is 4.95. The zero-order valence-electron chi connectivity index (χ0n) is 22.6. The van der Waals surface area contributed by atoms with Crippen LogP contribution in [-0.2, 0) is 30.3 Å². The van der Waals surface area contributed by atoms with Crippen molar-refractivity contribution >= 4 is 40.4 Å². The van der Waals surface area contributed by atoms with Crippen LogP contribution in [0.2, 0.25) is 0 Å². The van der Waals surface area contributed by atoms with Gasteiger partial charge in [0.15, 0.2) is 0 Å². The summed E-state index contributed by atoms with van der Waals surface area (Å²) >= 11 is 1.42. The van der Waals surface area contributed by atoms with Crippen LogP contribution in [0.25, 0.3) is 10.8 Å². The number of hydrogen-bond donors (Lipinski definition) is 2. The molecule has 204 valence electrons. The Morgan fingerprint density at radius 1 is 1.05 bits per heavy atom. The van der Waals surface area contributed by atoms with Crippen molar-refractivity contribution in [1.82, 2.24) is 5.32 Å². The number of ether oxygens (including phenoxy) is 2. The van der Waals surface area contributed by atoms with Crippen LogP contribution in [0.3, 0.4) is 0 Å². The smallest absolute Gasteiger partial charge is 0.329 e. The predicted octanol–water partition coefficient (Wildman–Crippen LogP) is 4.67. The lowest BCUT2D eigenvalue weighted by Crippen LogP contribution is -2.47. The number of rotatable bonds is 14. The Labute approximate surface area is 224 Å². The molecule has 2 N–H and O–H groups in total. The number of hydrogen-bond acceptors (Lipinski definition) is 7.